The third kappa shape index (κ3) is 4.38. The van der Waals surface area contributed by atoms with Gasteiger partial charge in [0.1, 0.15) is 5.75 Å². The lowest BCUT2D eigenvalue weighted by Crippen LogP contribution is -2.41. The van der Waals surface area contributed by atoms with Crippen LogP contribution in [0.25, 0.3) is 11.4 Å². The highest BCUT2D eigenvalue weighted by Gasteiger charge is 2.23. The van der Waals surface area contributed by atoms with E-state index in [0.29, 0.717) is 30.7 Å². The molecule has 0 bridgehead atoms. The lowest BCUT2D eigenvalue weighted by Gasteiger charge is -2.33. The van der Waals surface area contributed by atoms with E-state index in [9.17, 15) is 4.79 Å². The van der Waals surface area contributed by atoms with Crippen LogP contribution >= 0.6 is 0 Å². The Morgan fingerprint density at radius 1 is 1.32 bits per heavy atom. The number of methoxy groups -OCH3 is 1. The molecule has 6 heteroatoms. The van der Waals surface area contributed by atoms with Gasteiger partial charge in [-0.1, -0.05) is 36.6 Å². The first-order valence-corrected chi connectivity index (χ1v) is 8.91. The number of benzene rings is 1. The molecule has 1 fully saturated rings. The van der Waals surface area contributed by atoms with Gasteiger partial charge in [-0.3, -0.25) is 4.79 Å². The van der Waals surface area contributed by atoms with E-state index in [0.717, 1.165) is 24.2 Å². The minimum atomic E-state index is 0.124. The largest absolute Gasteiger partial charge is 0.497 e. The molecule has 0 spiro atoms. The van der Waals surface area contributed by atoms with E-state index in [-0.39, 0.29) is 5.91 Å². The molecule has 0 unspecified atom stereocenters. The Morgan fingerprint density at radius 3 is 2.84 bits per heavy atom. The number of ether oxygens (including phenoxy) is 1. The number of amides is 1. The molecule has 1 heterocycles. The fourth-order valence-corrected chi connectivity index (χ4v) is 3.44. The van der Waals surface area contributed by atoms with Crippen LogP contribution in [-0.4, -0.2) is 40.6 Å². The van der Waals surface area contributed by atoms with Crippen LogP contribution in [0.1, 0.15) is 44.9 Å². The topological polar surface area (TPSA) is 68.5 Å². The molecule has 1 saturated carbocycles. The zero-order valence-corrected chi connectivity index (χ0v) is 14.9. The highest BCUT2D eigenvalue weighted by molar-refractivity contribution is 5.73. The number of carbonyl (C=O) groups excluding carboxylic acids is 1. The molecule has 1 aromatic carbocycles. The molecule has 1 amide bonds. The molecule has 134 valence electrons. The Balaban J connectivity index is 1.64. The van der Waals surface area contributed by atoms with Gasteiger partial charge in [0.15, 0.2) is 0 Å². The molecular formula is C19H25N3O3. The van der Waals surface area contributed by atoms with Gasteiger partial charge >= 0.3 is 0 Å². The first-order valence-electron chi connectivity index (χ1n) is 8.91. The summed E-state index contributed by atoms with van der Waals surface area (Å²) in [5, 5.41) is 4.05. The fourth-order valence-electron chi connectivity index (χ4n) is 3.44. The minimum Gasteiger partial charge on any atom is -0.497 e. The number of hydrogen-bond donors (Lipinski definition) is 0. The van der Waals surface area contributed by atoms with Crippen LogP contribution in [0.3, 0.4) is 0 Å². The van der Waals surface area contributed by atoms with E-state index >= 15 is 0 Å². The Bertz CT molecular complexity index is 707. The van der Waals surface area contributed by atoms with E-state index in [4.69, 9.17) is 9.26 Å². The Kier molecular flexibility index (Phi) is 5.68. The summed E-state index contributed by atoms with van der Waals surface area (Å²) in [7, 11) is 1.63. The maximum absolute atomic E-state index is 12.0. The molecule has 1 aromatic heterocycles. The third-order valence-corrected chi connectivity index (χ3v) is 4.78. The van der Waals surface area contributed by atoms with Crippen LogP contribution in [0.15, 0.2) is 28.8 Å². The van der Waals surface area contributed by atoms with Crippen molar-refractivity contribution in [2.75, 3.05) is 13.7 Å². The van der Waals surface area contributed by atoms with Crippen molar-refractivity contribution < 1.29 is 14.1 Å². The lowest BCUT2D eigenvalue weighted by atomic mass is 9.94. The lowest BCUT2D eigenvalue weighted by molar-refractivity contribution is -0.131. The standard InChI is InChI=1S/C19H25N3O3/c1-14(23)22(16-8-4-3-5-9-16)12-11-18-20-19(21-25-18)15-7-6-10-17(13-15)24-2/h6-7,10,13,16H,3-5,8-9,11-12H2,1-2H3. The summed E-state index contributed by atoms with van der Waals surface area (Å²) < 4.78 is 10.6. The van der Waals surface area contributed by atoms with Crippen molar-refractivity contribution in [3.8, 4) is 17.1 Å². The van der Waals surface area contributed by atoms with Crippen molar-refractivity contribution in [3.63, 3.8) is 0 Å². The molecule has 1 aliphatic carbocycles. The predicted octanol–water partition coefficient (Wildman–Crippen LogP) is 3.47. The van der Waals surface area contributed by atoms with Gasteiger partial charge in [-0.2, -0.15) is 4.98 Å². The average Bonchev–Trinajstić information content (AvgIpc) is 3.11. The summed E-state index contributed by atoms with van der Waals surface area (Å²) in [4.78, 5) is 18.4. The van der Waals surface area contributed by atoms with E-state index in [2.05, 4.69) is 10.1 Å². The molecule has 0 radical (unpaired) electrons. The maximum Gasteiger partial charge on any atom is 0.228 e. The number of nitrogens with zero attached hydrogens (tertiary/aromatic N) is 3. The van der Waals surface area contributed by atoms with Gasteiger partial charge in [-0.25, -0.2) is 0 Å². The Hall–Kier alpha value is -2.37. The summed E-state index contributed by atoms with van der Waals surface area (Å²) in [6.07, 6.45) is 6.45. The van der Waals surface area contributed by atoms with Gasteiger partial charge in [0.2, 0.25) is 17.6 Å². The average molecular weight is 343 g/mol. The second kappa shape index (κ2) is 8.14. The van der Waals surface area contributed by atoms with Crippen LogP contribution in [0, 0.1) is 0 Å². The highest BCUT2D eigenvalue weighted by Crippen LogP contribution is 2.24. The van der Waals surface area contributed by atoms with Crippen molar-refractivity contribution in [3.05, 3.63) is 30.2 Å². The van der Waals surface area contributed by atoms with Gasteiger partial charge in [-0.15, -0.1) is 0 Å². The number of aromatic nitrogens is 2. The maximum atomic E-state index is 12.0. The predicted molar refractivity (Wildman–Crippen MR) is 94.3 cm³/mol. The first kappa shape index (κ1) is 17.5. The normalized spacial score (nSPS) is 15.1. The number of rotatable bonds is 6. The summed E-state index contributed by atoms with van der Waals surface area (Å²) in [5.41, 5.74) is 0.852. The fraction of sp³-hybridized carbons (Fsp3) is 0.526. The van der Waals surface area contributed by atoms with Gasteiger partial charge < -0.3 is 14.2 Å². The van der Waals surface area contributed by atoms with Gasteiger partial charge in [0.05, 0.1) is 7.11 Å². The summed E-state index contributed by atoms with van der Waals surface area (Å²) in [6.45, 7) is 2.27. The smallest absolute Gasteiger partial charge is 0.228 e. The zero-order chi connectivity index (χ0) is 17.6. The van der Waals surface area contributed by atoms with Crippen molar-refractivity contribution in [1.29, 1.82) is 0 Å². The number of carbonyl (C=O) groups is 1. The quantitative estimate of drug-likeness (QED) is 0.803. The van der Waals surface area contributed by atoms with Crippen LogP contribution in [0.2, 0.25) is 0 Å². The third-order valence-electron chi connectivity index (χ3n) is 4.78. The molecule has 1 aliphatic rings. The van der Waals surface area contributed by atoms with E-state index in [1.54, 1.807) is 14.0 Å². The Labute approximate surface area is 148 Å². The summed E-state index contributed by atoms with van der Waals surface area (Å²) >= 11 is 0. The van der Waals surface area contributed by atoms with Crippen molar-refractivity contribution in [1.82, 2.24) is 15.0 Å². The molecule has 0 atom stereocenters. The molecule has 2 aromatic rings. The summed E-state index contributed by atoms with van der Waals surface area (Å²) in [6, 6.07) is 7.91. The summed E-state index contributed by atoms with van der Waals surface area (Å²) in [5.74, 6) is 1.98. The van der Waals surface area contributed by atoms with Crippen LogP contribution in [0.5, 0.6) is 5.75 Å². The van der Waals surface area contributed by atoms with Gasteiger partial charge in [-0.05, 0) is 25.0 Å². The van der Waals surface area contributed by atoms with Crippen molar-refractivity contribution >= 4 is 5.91 Å². The van der Waals surface area contributed by atoms with E-state index < -0.39 is 0 Å². The van der Waals surface area contributed by atoms with Gasteiger partial charge in [0.25, 0.3) is 0 Å². The van der Waals surface area contributed by atoms with E-state index in [1.165, 1.54) is 19.3 Å². The zero-order valence-electron chi connectivity index (χ0n) is 14.9. The van der Waals surface area contributed by atoms with Crippen LogP contribution in [-0.2, 0) is 11.2 Å². The van der Waals surface area contributed by atoms with Crippen molar-refractivity contribution in [2.45, 2.75) is 51.5 Å². The SMILES string of the molecule is COc1cccc(-c2noc(CCN(C(C)=O)C3CCCCC3)n2)c1. The molecule has 0 saturated heterocycles. The molecular weight excluding hydrogens is 318 g/mol. The molecule has 0 aliphatic heterocycles. The second-order valence-electron chi connectivity index (χ2n) is 6.50. The highest BCUT2D eigenvalue weighted by atomic mass is 16.5. The first-order chi connectivity index (χ1) is 12.2. The molecule has 3 rings (SSSR count). The van der Waals surface area contributed by atoms with Crippen molar-refractivity contribution in [2.24, 2.45) is 0 Å². The monoisotopic (exact) mass is 343 g/mol. The molecule has 6 nitrogen and oxygen atoms in total. The Morgan fingerprint density at radius 2 is 2.12 bits per heavy atom. The van der Waals surface area contributed by atoms with Crippen LogP contribution < -0.4 is 4.74 Å². The number of hydrogen-bond acceptors (Lipinski definition) is 5. The minimum absolute atomic E-state index is 0.124. The van der Waals surface area contributed by atoms with Crippen LogP contribution in [0.4, 0.5) is 0 Å². The second-order valence-corrected chi connectivity index (χ2v) is 6.50. The molecule has 25 heavy (non-hydrogen) atoms. The van der Waals surface area contributed by atoms with Gasteiger partial charge in [0, 0.05) is 31.5 Å². The van der Waals surface area contributed by atoms with E-state index in [1.807, 2.05) is 29.2 Å². The molecule has 0 N–H and O–H groups in total.